The van der Waals surface area contributed by atoms with Crippen LogP contribution >= 0.6 is 0 Å². The van der Waals surface area contributed by atoms with Gasteiger partial charge < -0.3 is 10.1 Å². The van der Waals surface area contributed by atoms with Crippen LogP contribution in [0.25, 0.3) is 0 Å². The van der Waals surface area contributed by atoms with Gasteiger partial charge in [0, 0.05) is 12.1 Å². The Morgan fingerprint density at radius 2 is 1.90 bits per heavy atom. The van der Waals surface area contributed by atoms with Gasteiger partial charge in [-0.3, -0.25) is 0 Å². The number of hydrogen-bond donors (Lipinski definition) is 1. The molecular formula is C16H14F3NO. The first-order valence-corrected chi connectivity index (χ1v) is 6.65. The molecule has 0 bridgehead atoms. The van der Waals surface area contributed by atoms with Crippen molar-refractivity contribution in [2.24, 2.45) is 0 Å². The third-order valence-corrected chi connectivity index (χ3v) is 3.51. The summed E-state index contributed by atoms with van der Waals surface area (Å²) in [6.45, 7) is 0.866. The van der Waals surface area contributed by atoms with Crippen LogP contribution in [0.3, 0.4) is 0 Å². The summed E-state index contributed by atoms with van der Waals surface area (Å²) in [6, 6.07) is 13.1. The SMILES string of the molecule is FC(F)(F)c1cccc(CNC2COc3ccccc32)c1. The molecule has 1 aliphatic heterocycles. The van der Waals surface area contributed by atoms with E-state index in [1.54, 1.807) is 6.07 Å². The third kappa shape index (κ3) is 3.03. The minimum Gasteiger partial charge on any atom is -0.491 e. The van der Waals surface area contributed by atoms with Crippen molar-refractivity contribution in [3.8, 4) is 5.75 Å². The van der Waals surface area contributed by atoms with E-state index in [-0.39, 0.29) is 6.04 Å². The summed E-state index contributed by atoms with van der Waals surface area (Å²) in [5.74, 6) is 0.832. The average molecular weight is 293 g/mol. The second-order valence-corrected chi connectivity index (χ2v) is 4.98. The summed E-state index contributed by atoms with van der Waals surface area (Å²) >= 11 is 0. The molecule has 2 nitrogen and oxygen atoms in total. The molecule has 0 radical (unpaired) electrons. The Balaban J connectivity index is 1.69. The number of benzene rings is 2. The summed E-state index contributed by atoms with van der Waals surface area (Å²) in [5.41, 5.74) is 1.03. The van der Waals surface area contributed by atoms with Gasteiger partial charge in [-0.2, -0.15) is 13.2 Å². The van der Waals surface area contributed by atoms with Crippen LogP contribution in [0.4, 0.5) is 13.2 Å². The Bertz CT molecular complexity index is 639. The summed E-state index contributed by atoms with van der Waals surface area (Å²) in [4.78, 5) is 0. The number of halogens is 3. The van der Waals surface area contributed by atoms with Crippen LogP contribution in [0.1, 0.15) is 22.7 Å². The maximum atomic E-state index is 12.7. The molecule has 1 heterocycles. The fourth-order valence-corrected chi connectivity index (χ4v) is 2.43. The lowest BCUT2D eigenvalue weighted by atomic mass is 10.1. The fourth-order valence-electron chi connectivity index (χ4n) is 2.43. The quantitative estimate of drug-likeness (QED) is 0.926. The lowest BCUT2D eigenvalue weighted by Crippen LogP contribution is -2.22. The molecule has 0 aliphatic carbocycles. The van der Waals surface area contributed by atoms with Crippen molar-refractivity contribution in [3.05, 3.63) is 65.2 Å². The highest BCUT2D eigenvalue weighted by molar-refractivity contribution is 5.39. The molecular weight excluding hydrogens is 279 g/mol. The summed E-state index contributed by atoms with van der Waals surface area (Å²) in [6.07, 6.45) is -4.31. The molecule has 1 N–H and O–H groups in total. The van der Waals surface area contributed by atoms with Gasteiger partial charge in [0.15, 0.2) is 0 Å². The van der Waals surface area contributed by atoms with Crippen LogP contribution in [0.15, 0.2) is 48.5 Å². The van der Waals surface area contributed by atoms with Crippen LogP contribution in [0, 0.1) is 0 Å². The maximum absolute atomic E-state index is 12.7. The number of hydrogen-bond acceptors (Lipinski definition) is 2. The van der Waals surface area contributed by atoms with Gasteiger partial charge in [0.1, 0.15) is 12.4 Å². The minimum absolute atomic E-state index is 0.00995. The monoisotopic (exact) mass is 293 g/mol. The second-order valence-electron chi connectivity index (χ2n) is 4.98. The molecule has 1 aliphatic rings. The Hall–Kier alpha value is -2.01. The number of para-hydroxylation sites is 1. The molecule has 0 aromatic heterocycles. The van der Waals surface area contributed by atoms with Crippen molar-refractivity contribution in [2.45, 2.75) is 18.8 Å². The number of nitrogens with one attached hydrogen (secondary N) is 1. The van der Waals surface area contributed by atoms with Crippen LogP contribution in [-0.4, -0.2) is 6.61 Å². The minimum atomic E-state index is -4.31. The van der Waals surface area contributed by atoms with Gasteiger partial charge in [0.05, 0.1) is 11.6 Å². The van der Waals surface area contributed by atoms with Gasteiger partial charge in [-0.05, 0) is 17.7 Å². The molecule has 21 heavy (non-hydrogen) atoms. The first-order chi connectivity index (χ1) is 10.0. The molecule has 2 aromatic carbocycles. The van der Waals surface area contributed by atoms with Crippen LogP contribution in [-0.2, 0) is 12.7 Å². The van der Waals surface area contributed by atoms with Crippen molar-refractivity contribution in [3.63, 3.8) is 0 Å². The van der Waals surface area contributed by atoms with Gasteiger partial charge in [0.2, 0.25) is 0 Å². The van der Waals surface area contributed by atoms with E-state index in [2.05, 4.69) is 5.32 Å². The predicted octanol–water partition coefficient (Wildman–Crippen LogP) is 3.93. The Morgan fingerprint density at radius 1 is 1.10 bits per heavy atom. The molecule has 0 amide bonds. The number of fused-ring (bicyclic) bond motifs is 1. The number of alkyl halides is 3. The second kappa shape index (κ2) is 5.41. The molecule has 0 saturated carbocycles. The van der Waals surface area contributed by atoms with E-state index in [1.165, 1.54) is 12.1 Å². The predicted molar refractivity (Wildman–Crippen MR) is 73.0 cm³/mol. The molecule has 0 fully saturated rings. The van der Waals surface area contributed by atoms with Crippen molar-refractivity contribution in [2.75, 3.05) is 6.61 Å². The molecule has 2 aromatic rings. The summed E-state index contributed by atoms with van der Waals surface area (Å²) in [5, 5.41) is 3.24. The lowest BCUT2D eigenvalue weighted by molar-refractivity contribution is -0.137. The summed E-state index contributed by atoms with van der Waals surface area (Å²) < 4.78 is 43.5. The smallest absolute Gasteiger partial charge is 0.416 e. The van der Waals surface area contributed by atoms with E-state index in [0.717, 1.165) is 17.4 Å². The lowest BCUT2D eigenvalue weighted by Gasteiger charge is -2.13. The normalized spacial score (nSPS) is 17.4. The standard InChI is InChI=1S/C16H14F3NO/c17-16(18,19)12-5-3-4-11(8-12)9-20-14-10-21-15-7-2-1-6-13(14)15/h1-8,14,20H,9-10H2. The molecule has 1 atom stereocenters. The first-order valence-electron chi connectivity index (χ1n) is 6.65. The molecule has 0 spiro atoms. The highest BCUT2D eigenvalue weighted by Gasteiger charge is 2.30. The topological polar surface area (TPSA) is 21.3 Å². The molecule has 5 heteroatoms. The van der Waals surface area contributed by atoms with E-state index in [4.69, 9.17) is 4.74 Å². The zero-order valence-corrected chi connectivity index (χ0v) is 11.2. The summed E-state index contributed by atoms with van der Waals surface area (Å²) in [7, 11) is 0. The Labute approximate surface area is 120 Å². The Morgan fingerprint density at radius 3 is 2.71 bits per heavy atom. The maximum Gasteiger partial charge on any atom is 0.416 e. The van der Waals surface area contributed by atoms with E-state index >= 15 is 0 Å². The van der Waals surface area contributed by atoms with E-state index < -0.39 is 11.7 Å². The molecule has 3 rings (SSSR count). The fraction of sp³-hybridized carbons (Fsp3) is 0.250. The molecule has 0 saturated heterocycles. The van der Waals surface area contributed by atoms with Gasteiger partial charge in [0.25, 0.3) is 0 Å². The third-order valence-electron chi connectivity index (χ3n) is 3.51. The zero-order chi connectivity index (χ0) is 14.9. The largest absolute Gasteiger partial charge is 0.491 e. The number of ether oxygens (including phenoxy) is 1. The van der Waals surface area contributed by atoms with Crippen LogP contribution < -0.4 is 10.1 Å². The van der Waals surface area contributed by atoms with Crippen LogP contribution in [0.2, 0.25) is 0 Å². The van der Waals surface area contributed by atoms with Gasteiger partial charge in [-0.25, -0.2) is 0 Å². The van der Waals surface area contributed by atoms with E-state index in [0.29, 0.717) is 18.7 Å². The zero-order valence-electron chi connectivity index (χ0n) is 11.2. The van der Waals surface area contributed by atoms with Crippen molar-refractivity contribution in [1.29, 1.82) is 0 Å². The van der Waals surface area contributed by atoms with Gasteiger partial charge in [-0.1, -0.05) is 36.4 Å². The van der Waals surface area contributed by atoms with E-state index in [1.807, 2.05) is 24.3 Å². The molecule has 1 unspecified atom stereocenters. The van der Waals surface area contributed by atoms with Crippen molar-refractivity contribution < 1.29 is 17.9 Å². The van der Waals surface area contributed by atoms with Gasteiger partial charge in [-0.15, -0.1) is 0 Å². The molecule has 110 valence electrons. The highest BCUT2D eigenvalue weighted by Crippen LogP contribution is 2.32. The Kier molecular flexibility index (Phi) is 3.59. The van der Waals surface area contributed by atoms with Crippen molar-refractivity contribution in [1.82, 2.24) is 5.32 Å². The number of rotatable bonds is 3. The first kappa shape index (κ1) is 13.9. The average Bonchev–Trinajstić information content (AvgIpc) is 2.88. The highest BCUT2D eigenvalue weighted by atomic mass is 19.4. The van der Waals surface area contributed by atoms with Crippen LogP contribution in [0.5, 0.6) is 5.75 Å². The van der Waals surface area contributed by atoms with Crippen molar-refractivity contribution >= 4 is 0 Å². The van der Waals surface area contributed by atoms with E-state index in [9.17, 15) is 13.2 Å². The van der Waals surface area contributed by atoms with Gasteiger partial charge >= 0.3 is 6.18 Å².